The van der Waals surface area contributed by atoms with Crippen LogP contribution in [-0.4, -0.2) is 71.8 Å². The number of nitrogens with zero attached hydrogens (tertiary/aromatic N) is 3. The van der Waals surface area contributed by atoms with E-state index in [1.807, 2.05) is 12.3 Å². The zero-order chi connectivity index (χ0) is 20.9. The van der Waals surface area contributed by atoms with Crippen molar-refractivity contribution >= 4 is 33.2 Å². The first-order valence-electron chi connectivity index (χ1n) is 10.2. The van der Waals surface area contributed by atoms with Crippen LogP contribution in [0.4, 0.5) is 5.69 Å². The van der Waals surface area contributed by atoms with Crippen LogP contribution in [-0.2, 0) is 19.6 Å². The normalized spacial score (nSPS) is 32.1. The van der Waals surface area contributed by atoms with Crippen LogP contribution in [0.25, 0.3) is 11.0 Å². The second kappa shape index (κ2) is 7.17. The molecule has 1 spiro atoms. The third-order valence-corrected chi connectivity index (χ3v) is 8.86. The molecule has 1 aliphatic carbocycles. The minimum Gasteiger partial charge on any atom is -0.483 e. The number of aromatic amines is 1. The maximum Gasteiger partial charge on any atom is 0.290 e. The standard InChI is InChI=1S/C18H23N5O3S.CH2O2/c24-27(25,11-1-2-11)21-8-12-14-9-23(10-18(14)5-3-16(12)26-18)15-4-6-19-17-13(15)7-20-22-17;2-1-3/h4,6-7,11-12,14,16,21H,1-3,5,8-10H2,(H,19,20,22);1H,(H,2,3)/t12-,14+,16+,18+;/m0./s1. The van der Waals surface area contributed by atoms with Crippen molar-refractivity contribution in [1.82, 2.24) is 19.9 Å². The highest BCUT2D eigenvalue weighted by molar-refractivity contribution is 7.90. The predicted molar refractivity (Wildman–Crippen MR) is 109 cm³/mol. The van der Waals surface area contributed by atoms with E-state index in [1.54, 1.807) is 6.20 Å². The molecule has 3 N–H and O–H groups in total. The SMILES string of the molecule is O=CO.O=S(=O)(NC[C@H]1[C@H]2CN(c3ccnc4[nH]ncc34)C[C@]23CC[C@H]1O3)C1CC1. The van der Waals surface area contributed by atoms with E-state index in [4.69, 9.17) is 14.6 Å². The van der Waals surface area contributed by atoms with Crippen molar-refractivity contribution in [1.29, 1.82) is 0 Å². The zero-order valence-electron chi connectivity index (χ0n) is 16.4. The molecule has 0 unspecified atom stereocenters. The van der Waals surface area contributed by atoms with Gasteiger partial charge in [0.05, 0.1) is 34.2 Å². The molecule has 4 atom stereocenters. The summed E-state index contributed by atoms with van der Waals surface area (Å²) in [6.45, 7) is 1.99. The van der Waals surface area contributed by atoms with E-state index in [-0.39, 0.29) is 29.3 Å². The Morgan fingerprint density at radius 2 is 2.20 bits per heavy atom. The molecule has 3 aliphatic heterocycles. The van der Waals surface area contributed by atoms with Gasteiger partial charge in [-0.15, -0.1) is 0 Å². The largest absolute Gasteiger partial charge is 0.483 e. The second-order valence-electron chi connectivity index (χ2n) is 8.57. The van der Waals surface area contributed by atoms with Crippen LogP contribution in [0.1, 0.15) is 25.7 Å². The van der Waals surface area contributed by atoms with Gasteiger partial charge in [-0.3, -0.25) is 9.89 Å². The van der Waals surface area contributed by atoms with Crippen molar-refractivity contribution in [2.75, 3.05) is 24.5 Å². The Morgan fingerprint density at radius 3 is 2.97 bits per heavy atom. The Bertz CT molecular complexity index is 1050. The highest BCUT2D eigenvalue weighted by Gasteiger charge is 2.63. The summed E-state index contributed by atoms with van der Waals surface area (Å²) in [7, 11) is -3.15. The van der Waals surface area contributed by atoms with Crippen molar-refractivity contribution in [3.05, 3.63) is 18.5 Å². The van der Waals surface area contributed by atoms with Crippen LogP contribution < -0.4 is 9.62 Å². The number of rotatable bonds is 5. The molecular formula is C19H25N5O5S. The van der Waals surface area contributed by atoms with Crippen LogP contribution in [0, 0.1) is 11.8 Å². The summed E-state index contributed by atoms with van der Waals surface area (Å²) in [5.74, 6) is 0.604. The number of aromatic nitrogens is 3. The van der Waals surface area contributed by atoms with Gasteiger partial charge >= 0.3 is 0 Å². The first kappa shape index (κ1) is 19.7. The highest BCUT2D eigenvalue weighted by atomic mass is 32.2. The van der Waals surface area contributed by atoms with Gasteiger partial charge in [0, 0.05) is 37.7 Å². The van der Waals surface area contributed by atoms with Gasteiger partial charge < -0.3 is 14.7 Å². The number of anilines is 1. The molecule has 162 valence electrons. The molecule has 0 radical (unpaired) electrons. The summed E-state index contributed by atoms with van der Waals surface area (Å²) in [6.07, 6.45) is 7.49. The maximum absolute atomic E-state index is 12.3. The lowest BCUT2D eigenvalue weighted by Crippen LogP contribution is -2.42. The second-order valence-corrected chi connectivity index (χ2v) is 10.6. The fraction of sp³-hybridized carbons (Fsp3) is 0.632. The fourth-order valence-electron chi connectivity index (χ4n) is 5.47. The number of ether oxygens (including phenoxy) is 1. The number of nitrogens with one attached hydrogen (secondary N) is 2. The molecule has 11 heteroatoms. The van der Waals surface area contributed by atoms with Gasteiger partial charge in [0.25, 0.3) is 6.47 Å². The van der Waals surface area contributed by atoms with Crippen molar-refractivity contribution in [3.63, 3.8) is 0 Å². The van der Waals surface area contributed by atoms with Gasteiger partial charge in [-0.05, 0) is 31.7 Å². The highest BCUT2D eigenvalue weighted by Crippen LogP contribution is 2.55. The Hall–Kier alpha value is -2.24. The lowest BCUT2D eigenvalue weighted by atomic mass is 9.74. The molecule has 30 heavy (non-hydrogen) atoms. The number of sulfonamides is 1. The number of carboxylic acid groups (broad SMARTS) is 1. The number of H-pyrrole nitrogens is 1. The molecule has 2 aromatic heterocycles. The molecule has 2 aromatic rings. The van der Waals surface area contributed by atoms with Crippen molar-refractivity contribution < 1.29 is 23.1 Å². The van der Waals surface area contributed by atoms with Crippen LogP contribution in [0.15, 0.2) is 18.5 Å². The molecule has 3 saturated heterocycles. The summed E-state index contributed by atoms with van der Waals surface area (Å²) in [6, 6.07) is 2.03. The molecule has 1 saturated carbocycles. The Balaban J connectivity index is 0.000000609. The average Bonchev–Trinajstić information content (AvgIpc) is 3.09. The van der Waals surface area contributed by atoms with E-state index >= 15 is 0 Å². The summed E-state index contributed by atoms with van der Waals surface area (Å²) >= 11 is 0. The van der Waals surface area contributed by atoms with Crippen molar-refractivity contribution in [2.24, 2.45) is 11.8 Å². The van der Waals surface area contributed by atoms with Crippen LogP contribution in [0.5, 0.6) is 0 Å². The Labute approximate surface area is 174 Å². The van der Waals surface area contributed by atoms with Gasteiger partial charge in [0.15, 0.2) is 5.65 Å². The number of fused-ring (bicyclic) bond motifs is 2. The minimum absolute atomic E-state index is 0.139. The Kier molecular flexibility index (Phi) is 4.71. The molecule has 5 heterocycles. The van der Waals surface area contributed by atoms with Crippen LogP contribution >= 0.6 is 0 Å². The smallest absolute Gasteiger partial charge is 0.290 e. The molecule has 0 amide bonds. The molecular weight excluding hydrogens is 410 g/mol. The van der Waals surface area contributed by atoms with E-state index in [1.165, 1.54) is 0 Å². The van der Waals surface area contributed by atoms with Crippen LogP contribution in [0.2, 0.25) is 0 Å². The molecule has 0 aromatic carbocycles. The summed E-state index contributed by atoms with van der Waals surface area (Å²) < 4.78 is 33.9. The number of hydrogen-bond donors (Lipinski definition) is 3. The van der Waals surface area contributed by atoms with Gasteiger partial charge in [0.2, 0.25) is 10.0 Å². The van der Waals surface area contributed by atoms with Gasteiger partial charge in [-0.1, -0.05) is 0 Å². The van der Waals surface area contributed by atoms with Crippen molar-refractivity contribution in [3.8, 4) is 0 Å². The third kappa shape index (κ3) is 3.15. The van der Waals surface area contributed by atoms with E-state index in [9.17, 15) is 8.42 Å². The minimum atomic E-state index is -3.15. The predicted octanol–water partition coefficient (Wildman–Crippen LogP) is 0.724. The van der Waals surface area contributed by atoms with E-state index in [0.29, 0.717) is 12.5 Å². The van der Waals surface area contributed by atoms with E-state index in [2.05, 4.69) is 24.8 Å². The average molecular weight is 436 g/mol. The molecule has 10 nitrogen and oxygen atoms in total. The summed E-state index contributed by atoms with van der Waals surface area (Å²) in [5, 5.41) is 14.8. The fourth-order valence-corrected chi connectivity index (χ4v) is 6.89. The lowest BCUT2D eigenvalue weighted by Gasteiger charge is -2.29. The lowest BCUT2D eigenvalue weighted by molar-refractivity contribution is -0.122. The number of hydrogen-bond acceptors (Lipinski definition) is 7. The van der Waals surface area contributed by atoms with E-state index < -0.39 is 10.0 Å². The number of pyridine rings is 1. The topological polar surface area (TPSA) is 138 Å². The van der Waals surface area contributed by atoms with Crippen molar-refractivity contribution in [2.45, 2.75) is 42.6 Å². The molecule has 2 bridgehead atoms. The van der Waals surface area contributed by atoms with E-state index in [0.717, 1.165) is 55.5 Å². The third-order valence-electron chi connectivity index (χ3n) is 6.94. The first-order chi connectivity index (χ1) is 14.5. The zero-order valence-corrected chi connectivity index (χ0v) is 17.2. The first-order valence-corrected chi connectivity index (χ1v) is 11.8. The Morgan fingerprint density at radius 1 is 1.40 bits per heavy atom. The molecule has 4 aliphatic rings. The van der Waals surface area contributed by atoms with Gasteiger partial charge in [0.1, 0.15) is 0 Å². The van der Waals surface area contributed by atoms with Gasteiger partial charge in [-0.2, -0.15) is 5.10 Å². The van der Waals surface area contributed by atoms with Crippen LogP contribution in [0.3, 0.4) is 0 Å². The maximum atomic E-state index is 12.3. The summed E-state index contributed by atoms with van der Waals surface area (Å²) in [4.78, 5) is 15.1. The molecule has 6 rings (SSSR count). The number of carbonyl (C=O) groups is 1. The monoisotopic (exact) mass is 435 g/mol. The van der Waals surface area contributed by atoms with Gasteiger partial charge in [-0.25, -0.2) is 18.1 Å². The quantitative estimate of drug-likeness (QED) is 0.584. The molecule has 4 fully saturated rings. The summed E-state index contributed by atoms with van der Waals surface area (Å²) in [5.41, 5.74) is 1.78.